The first kappa shape index (κ1) is 19.6. The molecule has 0 spiro atoms. The molecule has 1 aliphatic heterocycles. The number of piperidine rings is 1. The Kier molecular flexibility index (Phi) is 8.62. The summed E-state index contributed by atoms with van der Waals surface area (Å²) in [7, 11) is 0. The molecule has 1 fully saturated rings. The van der Waals surface area contributed by atoms with E-state index in [9.17, 15) is 4.79 Å². The summed E-state index contributed by atoms with van der Waals surface area (Å²) >= 11 is 7.60. The number of nitrogens with zero attached hydrogens (tertiary/aromatic N) is 1. The number of carbonyl (C=O) groups is 1. The Morgan fingerprint density at radius 1 is 1.50 bits per heavy atom. The largest absolute Gasteiger partial charge is 0.338 e. The van der Waals surface area contributed by atoms with Gasteiger partial charge in [0.25, 0.3) is 0 Å². The fourth-order valence-corrected chi connectivity index (χ4v) is 3.84. The van der Waals surface area contributed by atoms with Crippen LogP contribution in [0, 0.1) is 5.92 Å². The summed E-state index contributed by atoms with van der Waals surface area (Å²) in [6, 6.07) is 8.00. The molecule has 22 heavy (non-hydrogen) atoms. The molecule has 3 nitrogen and oxygen atoms in total. The number of likely N-dealkylation sites (tertiary alicyclic amines) is 1. The van der Waals surface area contributed by atoms with Crippen molar-refractivity contribution in [3.8, 4) is 0 Å². The summed E-state index contributed by atoms with van der Waals surface area (Å²) in [5.41, 5.74) is 6.97. The maximum Gasteiger partial charge on any atom is 0.232 e. The second-order valence-corrected chi connectivity index (χ2v) is 7.15. The predicted molar refractivity (Wildman–Crippen MR) is 97.8 cm³/mol. The average Bonchev–Trinajstić information content (AvgIpc) is 2.47. The highest BCUT2D eigenvalue weighted by atomic mass is 35.5. The van der Waals surface area contributed by atoms with E-state index in [4.69, 9.17) is 17.3 Å². The molecule has 6 heteroatoms. The SMILES string of the molecule is CC1CCN(C(=O)CSCc2cccc(Cl)c2)C(CN)C1.Cl. The van der Waals surface area contributed by atoms with Crippen LogP contribution in [0.3, 0.4) is 0 Å². The third kappa shape index (κ3) is 5.65. The second kappa shape index (κ2) is 9.66. The summed E-state index contributed by atoms with van der Waals surface area (Å²) in [6.07, 6.45) is 2.11. The summed E-state index contributed by atoms with van der Waals surface area (Å²) in [4.78, 5) is 14.3. The lowest BCUT2D eigenvalue weighted by Crippen LogP contribution is -2.49. The number of benzene rings is 1. The topological polar surface area (TPSA) is 46.3 Å². The Hall–Kier alpha value is -0.420. The van der Waals surface area contributed by atoms with Crippen molar-refractivity contribution in [3.05, 3.63) is 34.9 Å². The van der Waals surface area contributed by atoms with Gasteiger partial charge < -0.3 is 10.6 Å². The Bertz CT molecular complexity index is 487. The van der Waals surface area contributed by atoms with Gasteiger partial charge in [0.15, 0.2) is 0 Å². The van der Waals surface area contributed by atoms with Gasteiger partial charge in [-0.05, 0) is 36.5 Å². The summed E-state index contributed by atoms with van der Waals surface area (Å²) in [6.45, 7) is 3.65. The van der Waals surface area contributed by atoms with Gasteiger partial charge >= 0.3 is 0 Å². The highest BCUT2D eigenvalue weighted by Crippen LogP contribution is 2.23. The fraction of sp³-hybridized carbons (Fsp3) is 0.562. The molecule has 1 heterocycles. The van der Waals surface area contributed by atoms with E-state index in [2.05, 4.69) is 6.92 Å². The standard InChI is InChI=1S/C16H23ClN2OS.ClH/c1-12-5-6-19(15(7-12)9-18)16(20)11-21-10-13-3-2-4-14(17)8-13;/h2-4,8,12,15H,5-7,9-11,18H2,1H3;1H. The molecule has 0 saturated carbocycles. The van der Waals surface area contributed by atoms with E-state index in [0.29, 0.717) is 18.2 Å². The molecule has 1 aliphatic rings. The van der Waals surface area contributed by atoms with E-state index >= 15 is 0 Å². The van der Waals surface area contributed by atoms with Crippen LogP contribution in [0.5, 0.6) is 0 Å². The number of amides is 1. The zero-order chi connectivity index (χ0) is 15.2. The molecular formula is C16H24Cl2N2OS. The molecule has 0 radical (unpaired) electrons. The van der Waals surface area contributed by atoms with Gasteiger partial charge in [-0.25, -0.2) is 0 Å². The van der Waals surface area contributed by atoms with Crippen LogP contribution < -0.4 is 5.73 Å². The van der Waals surface area contributed by atoms with Crippen LogP contribution in [0.2, 0.25) is 5.02 Å². The molecule has 0 bridgehead atoms. The van der Waals surface area contributed by atoms with Crippen LogP contribution in [-0.2, 0) is 10.5 Å². The maximum atomic E-state index is 12.4. The predicted octanol–water partition coefficient (Wildman–Crippen LogP) is 3.58. The zero-order valence-electron chi connectivity index (χ0n) is 12.8. The summed E-state index contributed by atoms with van der Waals surface area (Å²) in [5, 5.41) is 0.743. The maximum absolute atomic E-state index is 12.4. The normalized spacial score (nSPS) is 21.3. The van der Waals surface area contributed by atoms with Gasteiger partial charge in [0, 0.05) is 29.9 Å². The molecule has 1 saturated heterocycles. The molecule has 1 aromatic rings. The lowest BCUT2D eigenvalue weighted by atomic mass is 9.92. The van der Waals surface area contributed by atoms with Gasteiger partial charge in [-0.2, -0.15) is 0 Å². The van der Waals surface area contributed by atoms with Gasteiger partial charge in [-0.1, -0.05) is 30.7 Å². The highest BCUT2D eigenvalue weighted by Gasteiger charge is 2.28. The number of nitrogens with two attached hydrogens (primary N) is 1. The van der Waals surface area contributed by atoms with Crippen molar-refractivity contribution in [2.24, 2.45) is 11.7 Å². The molecule has 2 atom stereocenters. The molecule has 124 valence electrons. The van der Waals surface area contributed by atoms with Crippen molar-refractivity contribution < 1.29 is 4.79 Å². The van der Waals surface area contributed by atoms with E-state index in [0.717, 1.165) is 35.7 Å². The quantitative estimate of drug-likeness (QED) is 0.870. The van der Waals surface area contributed by atoms with Gasteiger partial charge in [0.1, 0.15) is 0 Å². The van der Waals surface area contributed by atoms with Crippen molar-refractivity contribution >= 4 is 41.7 Å². The molecule has 1 amide bonds. The van der Waals surface area contributed by atoms with Crippen LogP contribution in [0.4, 0.5) is 0 Å². The average molecular weight is 363 g/mol. The number of rotatable bonds is 5. The molecule has 2 N–H and O–H groups in total. The van der Waals surface area contributed by atoms with Gasteiger partial charge in [-0.15, -0.1) is 24.2 Å². The van der Waals surface area contributed by atoms with Crippen molar-refractivity contribution in [2.45, 2.75) is 31.6 Å². The molecule has 1 aromatic carbocycles. The summed E-state index contributed by atoms with van der Waals surface area (Å²) in [5.74, 6) is 2.20. The Morgan fingerprint density at radius 2 is 2.27 bits per heavy atom. The minimum absolute atomic E-state index is 0. The first-order valence-electron chi connectivity index (χ1n) is 7.42. The highest BCUT2D eigenvalue weighted by molar-refractivity contribution is 7.99. The van der Waals surface area contributed by atoms with E-state index in [1.165, 1.54) is 0 Å². The number of hydrogen-bond donors (Lipinski definition) is 1. The monoisotopic (exact) mass is 362 g/mol. The zero-order valence-corrected chi connectivity index (χ0v) is 15.2. The van der Waals surface area contributed by atoms with Crippen molar-refractivity contribution in [1.29, 1.82) is 0 Å². The first-order valence-corrected chi connectivity index (χ1v) is 8.95. The fourth-order valence-electron chi connectivity index (χ4n) is 2.77. The minimum Gasteiger partial charge on any atom is -0.338 e. The molecule has 0 aromatic heterocycles. The molecule has 2 unspecified atom stereocenters. The van der Waals surface area contributed by atoms with E-state index in [1.807, 2.05) is 29.2 Å². The number of thioether (sulfide) groups is 1. The van der Waals surface area contributed by atoms with Crippen LogP contribution in [0.1, 0.15) is 25.3 Å². The third-order valence-electron chi connectivity index (χ3n) is 3.95. The Morgan fingerprint density at radius 3 is 2.95 bits per heavy atom. The number of hydrogen-bond acceptors (Lipinski definition) is 3. The van der Waals surface area contributed by atoms with Crippen molar-refractivity contribution in [3.63, 3.8) is 0 Å². The Labute approximate surface area is 148 Å². The van der Waals surface area contributed by atoms with E-state index in [1.54, 1.807) is 11.8 Å². The van der Waals surface area contributed by atoms with Gasteiger partial charge in [0.2, 0.25) is 5.91 Å². The molecule has 2 rings (SSSR count). The second-order valence-electron chi connectivity index (χ2n) is 5.73. The number of carbonyl (C=O) groups excluding carboxylic acids is 1. The van der Waals surface area contributed by atoms with Crippen LogP contribution in [0.15, 0.2) is 24.3 Å². The van der Waals surface area contributed by atoms with Crippen molar-refractivity contribution in [1.82, 2.24) is 4.90 Å². The third-order valence-corrected chi connectivity index (χ3v) is 5.18. The Balaban J connectivity index is 0.00000242. The first-order chi connectivity index (χ1) is 10.1. The van der Waals surface area contributed by atoms with Crippen LogP contribution in [-0.4, -0.2) is 35.7 Å². The van der Waals surface area contributed by atoms with Crippen molar-refractivity contribution in [2.75, 3.05) is 18.8 Å². The molecule has 0 aliphatic carbocycles. The lowest BCUT2D eigenvalue weighted by molar-refractivity contribution is -0.132. The molecular weight excluding hydrogens is 339 g/mol. The lowest BCUT2D eigenvalue weighted by Gasteiger charge is -2.38. The summed E-state index contributed by atoms with van der Waals surface area (Å²) < 4.78 is 0. The number of halogens is 2. The van der Waals surface area contributed by atoms with Gasteiger partial charge in [0.05, 0.1) is 5.75 Å². The van der Waals surface area contributed by atoms with E-state index < -0.39 is 0 Å². The van der Waals surface area contributed by atoms with Crippen LogP contribution in [0.25, 0.3) is 0 Å². The van der Waals surface area contributed by atoms with Crippen LogP contribution >= 0.6 is 35.8 Å². The smallest absolute Gasteiger partial charge is 0.232 e. The van der Waals surface area contributed by atoms with E-state index in [-0.39, 0.29) is 24.4 Å². The van der Waals surface area contributed by atoms with Gasteiger partial charge in [-0.3, -0.25) is 4.79 Å². The minimum atomic E-state index is 0.